The first kappa shape index (κ1) is 14.7. The zero-order valence-corrected chi connectivity index (χ0v) is 11.8. The number of aromatic amines is 1. The number of nitrogens with one attached hydrogen (secondary N) is 2. The van der Waals surface area contributed by atoms with E-state index >= 15 is 0 Å². The van der Waals surface area contributed by atoms with Gasteiger partial charge in [0.25, 0.3) is 5.91 Å². The number of nitrogens with zero attached hydrogens (tertiary/aromatic N) is 2. The molecule has 0 saturated heterocycles. The van der Waals surface area contributed by atoms with E-state index < -0.39 is 11.9 Å². The lowest BCUT2D eigenvalue weighted by molar-refractivity contribution is 0.0526. The predicted molar refractivity (Wildman–Crippen MR) is 76.1 cm³/mol. The van der Waals surface area contributed by atoms with Crippen LogP contribution < -0.4 is 5.32 Å². The highest BCUT2D eigenvalue weighted by atomic mass is 16.5. The van der Waals surface area contributed by atoms with Crippen molar-refractivity contribution in [1.82, 2.24) is 15.2 Å². The SMILES string of the molecule is CCOC(=O)c1ccc(NC(=O)c2n[nH]c(CC)n2)cc1. The minimum absolute atomic E-state index is 0.0846. The van der Waals surface area contributed by atoms with Crippen molar-refractivity contribution in [3.63, 3.8) is 0 Å². The van der Waals surface area contributed by atoms with E-state index in [9.17, 15) is 9.59 Å². The second-order valence-corrected chi connectivity index (χ2v) is 4.21. The van der Waals surface area contributed by atoms with Gasteiger partial charge in [-0.15, -0.1) is 5.10 Å². The van der Waals surface area contributed by atoms with Crippen LogP contribution in [-0.4, -0.2) is 33.7 Å². The maximum atomic E-state index is 11.9. The average molecular weight is 288 g/mol. The van der Waals surface area contributed by atoms with Crippen molar-refractivity contribution in [3.05, 3.63) is 41.5 Å². The highest BCUT2D eigenvalue weighted by molar-refractivity contribution is 6.01. The van der Waals surface area contributed by atoms with Crippen molar-refractivity contribution >= 4 is 17.6 Å². The Labute approximate surface area is 121 Å². The first-order valence-electron chi connectivity index (χ1n) is 6.63. The van der Waals surface area contributed by atoms with Gasteiger partial charge in [0.05, 0.1) is 12.2 Å². The number of rotatable bonds is 5. The third kappa shape index (κ3) is 3.65. The highest BCUT2D eigenvalue weighted by Crippen LogP contribution is 2.11. The Balaban J connectivity index is 2.02. The summed E-state index contributed by atoms with van der Waals surface area (Å²) in [7, 11) is 0. The van der Waals surface area contributed by atoms with Crippen LogP contribution in [0.5, 0.6) is 0 Å². The first-order valence-corrected chi connectivity index (χ1v) is 6.63. The summed E-state index contributed by atoms with van der Waals surface area (Å²) in [5.41, 5.74) is 0.983. The molecule has 21 heavy (non-hydrogen) atoms. The minimum Gasteiger partial charge on any atom is -0.462 e. The van der Waals surface area contributed by atoms with Crippen LogP contribution in [0.3, 0.4) is 0 Å². The van der Waals surface area contributed by atoms with Gasteiger partial charge in [-0.2, -0.15) is 0 Å². The van der Waals surface area contributed by atoms with Crippen molar-refractivity contribution < 1.29 is 14.3 Å². The van der Waals surface area contributed by atoms with Crippen LogP contribution in [0.2, 0.25) is 0 Å². The Bertz CT molecular complexity index is 634. The van der Waals surface area contributed by atoms with E-state index in [1.165, 1.54) is 0 Å². The first-order chi connectivity index (χ1) is 10.1. The second kappa shape index (κ2) is 6.65. The molecule has 1 aromatic carbocycles. The Morgan fingerprint density at radius 3 is 2.52 bits per heavy atom. The number of carbonyl (C=O) groups excluding carboxylic acids is 2. The molecule has 1 amide bonds. The van der Waals surface area contributed by atoms with Crippen molar-refractivity contribution in [2.75, 3.05) is 11.9 Å². The van der Waals surface area contributed by atoms with E-state index in [2.05, 4.69) is 20.5 Å². The molecule has 0 spiro atoms. The summed E-state index contributed by atoms with van der Waals surface area (Å²) in [4.78, 5) is 27.5. The molecular formula is C14H16N4O3. The fourth-order valence-corrected chi connectivity index (χ4v) is 1.65. The minimum atomic E-state index is -0.408. The molecule has 0 aliphatic rings. The van der Waals surface area contributed by atoms with Gasteiger partial charge >= 0.3 is 5.97 Å². The molecular weight excluding hydrogens is 272 g/mol. The Kier molecular flexibility index (Phi) is 4.65. The van der Waals surface area contributed by atoms with Gasteiger partial charge < -0.3 is 10.1 Å². The molecule has 2 aromatic rings. The monoisotopic (exact) mass is 288 g/mol. The van der Waals surface area contributed by atoms with E-state index in [0.717, 1.165) is 0 Å². The molecule has 2 N–H and O–H groups in total. The lowest BCUT2D eigenvalue weighted by Crippen LogP contribution is -2.14. The van der Waals surface area contributed by atoms with Gasteiger partial charge in [0, 0.05) is 12.1 Å². The van der Waals surface area contributed by atoms with Crippen LogP contribution in [0, 0.1) is 0 Å². The quantitative estimate of drug-likeness (QED) is 0.818. The zero-order valence-electron chi connectivity index (χ0n) is 11.8. The maximum Gasteiger partial charge on any atom is 0.338 e. The smallest absolute Gasteiger partial charge is 0.338 e. The number of aryl methyl sites for hydroxylation is 1. The molecule has 0 saturated carbocycles. The normalized spacial score (nSPS) is 10.2. The highest BCUT2D eigenvalue weighted by Gasteiger charge is 2.12. The fourth-order valence-electron chi connectivity index (χ4n) is 1.65. The van der Waals surface area contributed by atoms with Crippen molar-refractivity contribution in [2.45, 2.75) is 20.3 Å². The van der Waals surface area contributed by atoms with E-state index in [1.807, 2.05) is 6.92 Å². The summed E-state index contributed by atoms with van der Waals surface area (Å²) in [6.45, 7) is 3.98. The van der Waals surface area contributed by atoms with E-state index in [1.54, 1.807) is 31.2 Å². The van der Waals surface area contributed by atoms with Crippen LogP contribution in [0.15, 0.2) is 24.3 Å². The molecule has 7 nitrogen and oxygen atoms in total. The second-order valence-electron chi connectivity index (χ2n) is 4.21. The summed E-state index contributed by atoms with van der Waals surface area (Å²) in [6.07, 6.45) is 0.675. The number of H-pyrrole nitrogens is 1. The number of amides is 1. The van der Waals surface area contributed by atoms with Gasteiger partial charge in [-0.05, 0) is 31.2 Å². The number of anilines is 1. The Morgan fingerprint density at radius 2 is 1.95 bits per heavy atom. The summed E-state index contributed by atoms with van der Waals surface area (Å²) >= 11 is 0. The van der Waals surface area contributed by atoms with Crippen LogP contribution in [0.1, 0.15) is 40.6 Å². The molecule has 0 fully saturated rings. The van der Waals surface area contributed by atoms with Crippen molar-refractivity contribution in [3.8, 4) is 0 Å². The third-order valence-electron chi connectivity index (χ3n) is 2.72. The molecule has 1 aromatic heterocycles. The molecule has 0 aliphatic heterocycles. The largest absolute Gasteiger partial charge is 0.462 e. The van der Waals surface area contributed by atoms with Crippen LogP contribution in [-0.2, 0) is 11.2 Å². The number of hydrogen-bond donors (Lipinski definition) is 2. The lowest BCUT2D eigenvalue weighted by Gasteiger charge is -2.04. The summed E-state index contributed by atoms with van der Waals surface area (Å²) in [5, 5.41) is 9.17. The lowest BCUT2D eigenvalue weighted by atomic mass is 10.2. The van der Waals surface area contributed by atoms with Gasteiger partial charge in [0.1, 0.15) is 5.82 Å². The number of aromatic nitrogens is 3. The number of hydrogen-bond acceptors (Lipinski definition) is 5. The summed E-state index contributed by atoms with van der Waals surface area (Å²) < 4.78 is 4.88. The van der Waals surface area contributed by atoms with E-state index in [0.29, 0.717) is 30.1 Å². The van der Waals surface area contributed by atoms with Gasteiger partial charge in [-0.3, -0.25) is 9.89 Å². The van der Waals surface area contributed by atoms with Crippen LogP contribution in [0.25, 0.3) is 0 Å². The van der Waals surface area contributed by atoms with Gasteiger partial charge in [-0.25, -0.2) is 9.78 Å². The number of esters is 1. The zero-order chi connectivity index (χ0) is 15.2. The fraction of sp³-hybridized carbons (Fsp3) is 0.286. The van der Waals surface area contributed by atoms with E-state index in [4.69, 9.17) is 4.74 Å². The third-order valence-corrected chi connectivity index (χ3v) is 2.72. The number of carbonyl (C=O) groups is 2. The maximum absolute atomic E-state index is 11.9. The Morgan fingerprint density at radius 1 is 1.24 bits per heavy atom. The molecule has 1 heterocycles. The molecule has 0 aliphatic carbocycles. The molecule has 7 heteroatoms. The van der Waals surface area contributed by atoms with Gasteiger partial charge in [0.2, 0.25) is 5.82 Å². The molecule has 0 bridgehead atoms. The van der Waals surface area contributed by atoms with Crippen LogP contribution in [0.4, 0.5) is 5.69 Å². The molecule has 0 unspecified atom stereocenters. The number of benzene rings is 1. The predicted octanol–water partition coefficient (Wildman–Crippen LogP) is 1.80. The van der Waals surface area contributed by atoms with E-state index in [-0.39, 0.29) is 5.82 Å². The molecule has 110 valence electrons. The van der Waals surface area contributed by atoms with Gasteiger partial charge in [-0.1, -0.05) is 6.92 Å². The van der Waals surface area contributed by atoms with Crippen molar-refractivity contribution in [1.29, 1.82) is 0 Å². The van der Waals surface area contributed by atoms with Gasteiger partial charge in [0.15, 0.2) is 0 Å². The molecule has 0 atom stereocenters. The topological polar surface area (TPSA) is 97.0 Å². The van der Waals surface area contributed by atoms with Crippen LogP contribution >= 0.6 is 0 Å². The average Bonchev–Trinajstić information content (AvgIpc) is 2.97. The number of ether oxygens (including phenoxy) is 1. The summed E-state index contributed by atoms with van der Waals surface area (Å²) in [6, 6.07) is 6.42. The van der Waals surface area contributed by atoms with Crippen molar-refractivity contribution in [2.24, 2.45) is 0 Å². The molecule has 0 radical (unpaired) electrons. The Hall–Kier alpha value is -2.70. The molecule has 2 rings (SSSR count). The summed E-state index contributed by atoms with van der Waals surface area (Å²) in [5.74, 6) is -0.0640. The standard InChI is InChI=1S/C14H16N4O3/c1-3-11-16-12(18-17-11)13(19)15-10-7-5-9(6-8-10)14(20)21-4-2/h5-8H,3-4H2,1-2H3,(H,15,19)(H,16,17,18).